The first kappa shape index (κ1) is 15.3. The van der Waals surface area contributed by atoms with Gasteiger partial charge in [-0.1, -0.05) is 38.0 Å². The molecule has 0 aliphatic heterocycles. The van der Waals surface area contributed by atoms with Gasteiger partial charge in [0.2, 0.25) is 0 Å². The smallest absolute Gasteiger partial charge is 0.124 e. The number of hydrogen-bond acceptors (Lipinski definition) is 3. The molecule has 0 aromatic heterocycles. The van der Waals surface area contributed by atoms with Crippen molar-refractivity contribution >= 4 is 0 Å². The van der Waals surface area contributed by atoms with Crippen molar-refractivity contribution in [2.45, 2.75) is 51.2 Å². The molecule has 3 heteroatoms. The Balaban J connectivity index is 2.37. The molecule has 1 aliphatic rings. The number of para-hydroxylation sites is 1. The molecule has 112 valence electrons. The van der Waals surface area contributed by atoms with Gasteiger partial charge in [0.1, 0.15) is 5.75 Å². The molecular weight excluding hydrogens is 250 g/mol. The van der Waals surface area contributed by atoms with Gasteiger partial charge in [0.05, 0.1) is 18.2 Å². The first-order valence-electron chi connectivity index (χ1n) is 7.77. The van der Waals surface area contributed by atoms with Gasteiger partial charge in [-0.15, -0.1) is 0 Å². The molecule has 1 aliphatic carbocycles. The molecule has 1 fully saturated rings. The Morgan fingerprint density at radius 3 is 2.50 bits per heavy atom. The summed E-state index contributed by atoms with van der Waals surface area (Å²) in [6.07, 6.45) is 4.71. The minimum atomic E-state index is -0.0940. The summed E-state index contributed by atoms with van der Waals surface area (Å²) in [5.74, 6) is 0.976. The first-order valence-corrected chi connectivity index (χ1v) is 7.77. The SMILES string of the molecule is CCNC(c1ccccc1OCC)C1(OC)CCCC1. The van der Waals surface area contributed by atoms with Crippen molar-refractivity contribution in [1.29, 1.82) is 0 Å². The molecule has 0 saturated heterocycles. The molecule has 1 N–H and O–H groups in total. The Hall–Kier alpha value is -1.06. The average molecular weight is 277 g/mol. The monoisotopic (exact) mass is 277 g/mol. The summed E-state index contributed by atoms with van der Waals surface area (Å²) >= 11 is 0. The van der Waals surface area contributed by atoms with E-state index in [0.29, 0.717) is 6.61 Å². The lowest BCUT2D eigenvalue weighted by molar-refractivity contribution is -0.0370. The summed E-state index contributed by atoms with van der Waals surface area (Å²) < 4.78 is 11.8. The Labute approximate surface area is 122 Å². The maximum absolute atomic E-state index is 5.98. The third-order valence-electron chi connectivity index (χ3n) is 4.32. The second kappa shape index (κ2) is 7.09. The zero-order valence-corrected chi connectivity index (χ0v) is 12.9. The molecule has 0 amide bonds. The predicted molar refractivity (Wildman–Crippen MR) is 82.2 cm³/mol. The highest BCUT2D eigenvalue weighted by molar-refractivity contribution is 5.38. The maximum Gasteiger partial charge on any atom is 0.124 e. The number of hydrogen-bond donors (Lipinski definition) is 1. The number of ether oxygens (including phenoxy) is 2. The van der Waals surface area contributed by atoms with Crippen LogP contribution in [0.15, 0.2) is 24.3 Å². The minimum Gasteiger partial charge on any atom is -0.494 e. The van der Waals surface area contributed by atoms with Crippen molar-refractivity contribution in [2.24, 2.45) is 0 Å². The summed E-state index contributed by atoms with van der Waals surface area (Å²) in [7, 11) is 1.85. The van der Waals surface area contributed by atoms with E-state index >= 15 is 0 Å². The number of nitrogens with one attached hydrogen (secondary N) is 1. The molecule has 1 aromatic rings. The molecule has 0 radical (unpaired) electrons. The van der Waals surface area contributed by atoms with Gasteiger partial charge in [0, 0.05) is 12.7 Å². The number of benzene rings is 1. The standard InChI is InChI=1S/C17H27NO2/c1-4-18-16(17(19-3)12-8-9-13-17)14-10-6-7-11-15(14)20-5-2/h6-7,10-11,16,18H,4-5,8-9,12-13H2,1-3H3. The van der Waals surface area contributed by atoms with Crippen LogP contribution in [0.3, 0.4) is 0 Å². The van der Waals surface area contributed by atoms with Gasteiger partial charge < -0.3 is 14.8 Å². The van der Waals surface area contributed by atoms with Crippen molar-refractivity contribution < 1.29 is 9.47 Å². The fourth-order valence-electron chi connectivity index (χ4n) is 3.37. The Kier molecular flexibility index (Phi) is 5.44. The van der Waals surface area contributed by atoms with Crippen LogP contribution in [0.25, 0.3) is 0 Å². The predicted octanol–water partition coefficient (Wildman–Crippen LogP) is 3.70. The zero-order chi connectivity index (χ0) is 14.4. The Morgan fingerprint density at radius 2 is 1.90 bits per heavy atom. The van der Waals surface area contributed by atoms with E-state index in [1.807, 2.05) is 20.1 Å². The van der Waals surface area contributed by atoms with Gasteiger partial charge in [-0.2, -0.15) is 0 Å². The van der Waals surface area contributed by atoms with Gasteiger partial charge in [-0.3, -0.25) is 0 Å². The summed E-state index contributed by atoms with van der Waals surface area (Å²) in [5.41, 5.74) is 1.13. The highest BCUT2D eigenvalue weighted by Gasteiger charge is 2.43. The van der Waals surface area contributed by atoms with Crippen molar-refractivity contribution in [2.75, 3.05) is 20.3 Å². The van der Waals surface area contributed by atoms with Crippen molar-refractivity contribution in [3.63, 3.8) is 0 Å². The second-order valence-corrected chi connectivity index (χ2v) is 5.44. The van der Waals surface area contributed by atoms with Crippen LogP contribution in [0.1, 0.15) is 51.1 Å². The molecule has 20 heavy (non-hydrogen) atoms. The summed E-state index contributed by atoms with van der Waals surface area (Å²) in [5, 5.41) is 3.63. The average Bonchev–Trinajstić information content (AvgIpc) is 2.96. The third-order valence-corrected chi connectivity index (χ3v) is 4.32. The zero-order valence-electron chi connectivity index (χ0n) is 12.9. The van der Waals surface area contributed by atoms with Gasteiger partial charge >= 0.3 is 0 Å². The van der Waals surface area contributed by atoms with E-state index in [4.69, 9.17) is 9.47 Å². The molecule has 1 aromatic carbocycles. The normalized spacial score (nSPS) is 18.9. The van der Waals surface area contributed by atoms with E-state index in [0.717, 1.165) is 25.1 Å². The molecular formula is C17H27NO2. The van der Waals surface area contributed by atoms with Crippen LogP contribution >= 0.6 is 0 Å². The molecule has 0 spiro atoms. The third kappa shape index (κ3) is 2.99. The van der Waals surface area contributed by atoms with Crippen LogP contribution in [-0.4, -0.2) is 25.9 Å². The number of methoxy groups -OCH3 is 1. The van der Waals surface area contributed by atoms with Crippen molar-refractivity contribution in [3.05, 3.63) is 29.8 Å². The van der Waals surface area contributed by atoms with E-state index in [-0.39, 0.29) is 11.6 Å². The molecule has 0 bridgehead atoms. The Bertz CT molecular complexity index is 413. The van der Waals surface area contributed by atoms with Crippen LogP contribution in [0.4, 0.5) is 0 Å². The van der Waals surface area contributed by atoms with Gasteiger partial charge in [0.15, 0.2) is 0 Å². The summed E-state index contributed by atoms with van der Waals surface area (Å²) in [4.78, 5) is 0. The highest BCUT2D eigenvalue weighted by Crippen LogP contribution is 2.44. The summed E-state index contributed by atoms with van der Waals surface area (Å²) in [6, 6.07) is 8.54. The molecule has 1 saturated carbocycles. The lowest BCUT2D eigenvalue weighted by Gasteiger charge is -2.38. The maximum atomic E-state index is 5.98. The van der Waals surface area contributed by atoms with Crippen LogP contribution < -0.4 is 10.1 Å². The van der Waals surface area contributed by atoms with E-state index in [2.05, 4.69) is 30.4 Å². The van der Waals surface area contributed by atoms with E-state index < -0.39 is 0 Å². The largest absolute Gasteiger partial charge is 0.494 e. The second-order valence-electron chi connectivity index (χ2n) is 5.44. The van der Waals surface area contributed by atoms with Crippen LogP contribution in [0.5, 0.6) is 5.75 Å². The highest BCUT2D eigenvalue weighted by atomic mass is 16.5. The van der Waals surface area contributed by atoms with Gasteiger partial charge in [-0.05, 0) is 32.4 Å². The molecule has 2 rings (SSSR count). The van der Waals surface area contributed by atoms with E-state index in [9.17, 15) is 0 Å². The lowest BCUT2D eigenvalue weighted by Crippen LogP contribution is -2.43. The number of rotatable bonds is 7. The van der Waals surface area contributed by atoms with Crippen LogP contribution in [0, 0.1) is 0 Å². The molecule has 1 unspecified atom stereocenters. The first-order chi connectivity index (χ1) is 9.77. The van der Waals surface area contributed by atoms with Crippen molar-refractivity contribution in [1.82, 2.24) is 5.32 Å². The quantitative estimate of drug-likeness (QED) is 0.824. The lowest BCUT2D eigenvalue weighted by atomic mass is 9.86. The van der Waals surface area contributed by atoms with Crippen LogP contribution in [0.2, 0.25) is 0 Å². The number of likely N-dealkylation sites (N-methyl/N-ethyl adjacent to an activating group) is 1. The Morgan fingerprint density at radius 1 is 1.20 bits per heavy atom. The fraction of sp³-hybridized carbons (Fsp3) is 0.647. The van der Waals surface area contributed by atoms with Gasteiger partial charge in [-0.25, -0.2) is 0 Å². The van der Waals surface area contributed by atoms with E-state index in [1.165, 1.54) is 18.4 Å². The molecule has 0 heterocycles. The molecule has 1 atom stereocenters. The molecule has 3 nitrogen and oxygen atoms in total. The van der Waals surface area contributed by atoms with Crippen molar-refractivity contribution in [3.8, 4) is 5.75 Å². The van der Waals surface area contributed by atoms with Crippen LogP contribution in [-0.2, 0) is 4.74 Å². The fourth-order valence-corrected chi connectivity index (χ4v) is 3.37. The summed E-state index contributed by atoms with van der Waals surface area (Å²) in [6.45, 7) is 5.79. The topological polar surface area (TPSA) is 30.5 Å². The van der Waals surface area contributed by atoms with Gasteiger partial charge in [0.25, 0.3) is 0 Å². The van der Waals surface area contributed by atoms with E-state index in [1.54, 1.807) is 0 Å². The minimum absolute atomic E-state index is 0.0940.